The van der Waals surface area contributed by atoms with Gasteiger partial charge in [0.15, 0.2) is 0 Å². The van der Waals surface area contributed by atoms with Crippen LogP contribution in [0.4, 0.5) is 0 Å². The Labute approximate surface area is 121 Å². The van der Waals surface area contributed by atoms with Gasteiger partial charge in [-0.15, -0.1) is 11.3 Å². The van der Waals surface area contributed by atoms with Crippen molar-refractivity contribution in [1.82, 2.24) is 5.43 Å². The van der Waals surface area contributed by atoms with Crippen molar-refractivity contribution in [3.63, 3.8) is 0 Å². The van der Waals surface area contributed by atoms with Gasteiger partial charge in [0.1, 0.15) is 11.5 Å². The van der Waals surface area contributed by atoms with Crippen LogP contribution in [0.5, 0.6) is 11.5 Å². The molecule has 0 aliphatic rings. The Morgan fingerprint density at radius 3 is 2.26 bits per heavy atom. The van der Waals surface area contributed by atoms with Gasteiger partial charge in [0.2, 0.25) is 0 Å². The van der Waals surface area contributed by atoms with E-state index in [9.17, 15) is 0 Å². The van der Waals surface area contributed by atoms with Crippen LogP contribution < -0.4 is 20.7 Å². The molecule has 102 valence electrons. The summed E-state index contributed by atoms with van der Waals surface area (Å²) in [6.45, 7) is 0. The third-order valence-electron chi connectivity index (χ3n) is 2.83. The molecule has 2 aromatic rings. The topological polar surface area (TPSA) is 56.5 Å². The number of nitrogens with one attached hydrogen (secondary N) is 1. The standard InChI is InChI=1S/C13H15ClN2O2S/c1-17-9-4-3-5-10(18-2)11(9)12(16-15)13-8(14)6-7-19-13/h3-7,12,16H,15H2,1-2H3. The summed E-state index contributed by atoms with van der Waals surface area (Å²) in [6.07, 6.45) is 0. The number of methoxy groups -OCH3 is 2. The van der Waals surface area contributed by atoms with Gasteiger partial charge >= 0.3 is 0 Å². The smallest absolute Gasteiger partial charge is 0.127 e. The van der Waals surface area contributed by atoms with Crippen molar-refractivity contribution >= 4 is 22.9 Å². The molecule has 6 heteroatoms. The van der Waals surface area contributed by atoms with Crippen molar-refractivity contribution < 1.29 is 9.47 Å². The summed E-state index contributed by atoms with van der Waals surface area (Å²) in [6, 6.07) is 7.16. The number of nitrogens with two attached hydrogens (primary N) is 1. The lowest BCUT2D eigenvalue weighted by molar-refractivity contribution is 0.377. The zero-order valence-corrected chi connectivity index (χ0v) is 12.2. The largest absolute Gasteiger partial charge is 0.496 e. The fraction of sp³-hybridized carbons (Fsp3) is 0.231. The molecule has 0 saturated carbocycles. The van der Waals surface area contributed by atoms with E-state index in [-0.39, 0.29) is 6.04 Å². The first-order valence-electron chi connectivity index (χ1n) is 5.62. The normalized spacial score (nSPS) is 12.2. The van der Waals surface area contributed by atoms with Gasteiger partial charge in [0, 0.05) is 4.88 Å². The third kappa shape index (κ3) is 2.69. The molecule has 1 unspecified atom stereocenters. The first-order valence-corrected chi connectivity index (χ1v) is 6.88. The van der Waals surface area contributed by atoms with E-state index in [0.29, 0.717) is 16.5 Å². The van der Waals surface area contributed by atoms with Crippen LogP contribution in [0.25, 0.3) is 0 Å². The zero-order valence-electron chi connectivity index (χ0n) is 10.6. The molecular weight excluding hydrogens is 284 g/mol. The number of hydrogen-bond donors (Lipinski definition) is 2. The van der Waals surface area contributed by atoms with Gasteiger partial charge in [-0.05, 0) is 23.6 Å². The van der Waals surface area contributed by atoms with Crippen LogP contribution >= 0.6 is 22.9 Å². The minimum Gasteiger partial charge on any atom is -0.496 e. The first-order chi connectivity index (χ1) is 9.22. The first kappa shape index (κ1) is 14.1. The minimum absolute atomic E-state index is 0.279. The number of hydrogen-bond acceptors (Lipinski definition) is 5. The molecule has 1 atom stereocenters. The number of hydrazine groups is 1. The van der Waals surface area contributed by atoms with Crippen LogP contribution in [0, 0.1) is 0 Å². The average Bonchev–Trinajstić information content (AvgIpc) is 2.86. The highest BCUT2D eigenvalue weighted by atomic mass is 35.5. The number of thiophene rings is 1. The van der Waals surface area contributed by atoms with Crippen LogP contribution in [-0.2, 0) is 0 Å². The minimum atomic E-state index is -0.279. The molecule has 0 radical (unpaired) electrons. The number of benzene rings is 1. The van der Waals surface area contributed by atoms with E-state index in [1.165, 1.54) is 11.3 Å². The van der Waals surface area contributed by atoms with E-state index in [2.05, 4.69) is 5.43 Å². The van der Waals surface area contributed by atoms with E-state index in [4.69, 9.17) is 26.9 Å². The van der Waals surface area contributed by atoms with Gasteiger partial charge in [-0.3, -0.25) is 5.84 Å². The lowest BCUT2D eigenvalue weighted by Gasteiger charge is -2.21. The molecule has 1 aromatic carbocycles. The quantitative estimate of drug-likeness (QED) is 0.658. The zero-order chi connectivity index (χ0) is 13.8. The molecule has 0 fully saturated rings. The Kier molecular flexibility index (Phi) is 4.66. The molecule has 2 rings (SSSR count). The van der Waals surface area contributed by atoms with Crippen LogP contribution in [0.2, 0.25) is 5.02 Å². The van der Waals surface area contributed by atoms with E-state index in [0.717, 1.165) is 10.4 Å². The molecule has 0 spiro atoms. The summed E-state index contributed by atoms with van der Waals surface area (Å²) >= 11 is 7.72. The van der Waals surface area contributed by atoms with Crippen LogP contribution in [0.15, 0.2) is 29.6 Å². The van der Waals surface area contributed by atoms with Crippen LogP contribution in [-0.4, -0.2) is 14.2 Å². The summed E-state index contributed by atoms with van der Waals surface area (Å²) in [4.78, 5) is 0.923. The number of halogens is 1. The van der Waals surface area contributed by atoms with E-state index < -0.39 is 0 Å². The molecule has 0 saturated heterocycles. The Morgan fingerprint density at radius 1 is 1.21 bits per heavy atom. The van der Waals surface area contributed by atoms with Crippen molar-refractivity contribution in [2.75, 3.05) is 14.2 Å². The molecule has 0 amide bonds. The van der Waals surface area contributed by atoms with Crippen molar-refractivity contribution in [3.05, 3.63) is 45.1 Å². The molecule has 0 bridgehead atoms. The number of rotatable bonds is 5. The molecule has 1 heterocycles. The fourth-order valence-electron chi connectivity index (χ4n) is 1.97. The van der Waals surface area contributed by atoms with Gasteiger partial charge in [-0.25, -0.2) is 5.43 Å². The Morgan fingerprint density at radius 2 is 1.84 bits per heavy atom. The Hall–Kier alpha value is -1.27. The Balaban J connectivity index is 2.57. The highest BCUT2D eigenvalue weighted by molar-refractivity contribution is 7.10. The van der Waals surface area contributed by atoms with Gasteiger partial charge in [0.25, 0.3) is 0 Å². The van der Waals surface area contributed by atoms with E-state index in [1.807, 2.05) is 29.6 Å². The molecule has 0 aliphatic heterocycles. The predicted octanol–water partition coefficient (Wildman–Crippen LogP) is 2.97. The second-order valence-electron chi connectivity index (χ2n) is 3.81. The second-order valence-corrected chi connectivity index (χ2v) is 5.16. The summed E-state index contributed by atoms with van der Waals surface area (Å²) in [5, 5.41) is 2.59. The summed E-state index contributed by atoms with van der Waals surface area (Å²) < 4.78 is 10.8. The summed E-state index contributed by atoms with van der Waals surface area (Å²) in [5.74, 6) is 7.10. The predicted molar refractivity (Wildman–Crippen MR) is 78.0 cm³/mol. The van der Waals surface area contributed by atoms with E-state index >= 15 is 0 Å². The molecule has 1 aromatic heterocycles. The van der Waals surface area contributed by atoms with Crippen LogP contribution in [0.3, 0.4) is 0 Å². The van der Waals surface area contributed by atoms with E-state index in [1.54, 1.807) is 14.2 Å². The van der Waals surface area contributed by atoms with Crippen molar-refractivity contribution in [1.29, 1.82) is 0 Å². The Bertz CT molecular complexity index is 537. The number of ether oxygens (including phenoxy) is 2. The molecule has 3 N–H and O–H groups in total. The van der Waals surface area contributed by atoms with Gasteiger partial charge in [0.05, 0.1) is 30.8 Å². The highest BCUT2D eigenvalue weighted by Crippen LogP contribution is 2.40. The molecule has 0 aliphatic carbocycles. The molecule has 4 nitrogen and oxygen atoms in total. The van der Waals surface area contributed by atoms with Crippen molar-refractivity contribution in [2.45, 2.75) is 6.04 Å². The maximum absolute atomic E-state index is 6.19. The van der Waals surface area contributed by atoms with Gasteiger partial charge in [-0.2, -0.15) is 0 Å². The monoisotopic (exact) mass is 298 g/mol. The maximum Gasteiger partial charge on any atom is 0.127 e. The van der Waals surface area contributed by atoms with Gasteiger partial charge < -0.3 is 9.47 Å². The average molecular weight is 299 g/mol. The summed E-state index contributed by atoms with van der Waals surface area (Å²) in [5.41, 5.74) is 3.61. The summed E-state index contributed by atoms with van der Waals surface area (Å²) in [7, 11) is 3.23. The third-order valence-corrected chi connectivity index (χ3v) is 4.25. The van der Waals surface area contributed by atoms with Crippen molar-refractivity contribution in [2.24, 2.45) is 5.84 Å². The van der Waals surface area contributed by atoms with Crippen molar-refractivity contribution in [3.8, 4) is 11.5 Å². The highest BCUT2D eigenvalue weighted by Gasteiger charge is 2.24. The maximum atomic E-state index is 6.19. The van der Waals surface area contributed by atoms with Gasteiger partial charge in [-0.1, -0.05) is 17.7 Å². The second kappa shape index (κ2) is 6.25. The SMILES string of the molecule is COc1cccc(OC)c1C(NN)c1sccc1Cl. The lowest BCUT2D eigenvalue weighted by Crippen LogP contribution is -2.29. The molecule has 19 heavy (non-hydrogen) atoms. The van der Waals surface area contributed by atoms with Crippen LogP contribution in [0.1, 0.15) is 16.5 Å². The fourth-order valence-corrected chi connectivity index (χ4v) is 3.20. The lowest BCUT2D eigenvalue weighted by atomic mass is 10.0. The molecular formula is C13H15ClN2O2S.